The van der Waals surface area contributed by atoms with Crippen LogP contribution in [0.2, 0.25) is 0 Å². The summed E-state index contributed by atoms with van der Waals surface area (Å²) in [6.07, 6.45) is 7.44. The van der Waals surface area contributed by atoms with E-state index in [2.05, 4.69) is 116 Å². The topological polar surface area (TPSA) is 92.9 Å². The van der Waals surface area contributed by atoms with E-state index in [9.17, 15) is 4.79 Å². The van der Waals surface area contributed by atoms with Gasteiger partial charge >= 0.3 is 0 Å². The molecule has 1 unspecified atom stereocenters. The number of aromatic nitrogens is 2. The van der Waals surface area contributed by atoms with Crippen molar-refractivity contribution in [3.63, 3.8) is 0 Å². The number of amides is 1. The number of carbonyl (C=O) groups is 1. The van der Waals surface area contributed by atoms with Crippen molar-refractivity contribution >= 4 is 22.5 Å². The smallest absolute Gasteiger partial charge is 0.269 e. The number of piperidine rings is 1. The van der Waals surface area contributed by atoms with Gasteiger partial charge in [0.2, 0.25) is 0 Å². The van der Waals surface area contributed by atoms with Crippen molar-refractivity contribution in [1.29, 1.82) is 0 Å². The fourth-order valence-electron chi connectivity index (χ4n) is 8.03. The molecule has 1 atom stereocenters. The van der Waals surface area contributed by atoms with Crippen LogP contribution in [0, 0.1) is 0 Å². The molecule has 0 saturated carbocycles. The van der Waals surface area contributed by atoms with Gasteiger partial charge in [0.05, 0.1) is 11.2 Å². The zero-order valence-electron chi connectivity index (χ0n) is 26.5. The van der Waals surface area contributed by atoms with Gasteiger partial charge in [-0.2, -0.15) is 0 Å². The number of benzene rings is 3. The Morgan fingerprint density at radius 3 is 2.38 bits per heavy atom. The third-order valence-corrected chi connectivity index (χ3v) is 9.43. The van der Waals surface area contributed by atoms with Crippen LogP contribution in [0.3, 0.4) is 0 Å². The molecule has 5 aromatic rings. The minimum absolute atomic E-state index is 0.0254. The summed E-state index contributed by atoms with van der Waals surface area (Å²) >= 11 is 0. The number of pyridine rings is 2. The van der Waals surface area contributed by atoms with Crippen molar-refractivity contribution in [1.82, 2.24) is 15.3 Å². The zero-order valence-corrected chi connectivity index (χ0v) is 26.5. The molecule has 6 nitrogen and oxygen atoms in total. The van der Waals surface area contributed by atoms with Gasteiger partial charge < -0.3 is 16.4 Å². The molecule has 2 aromatic heterocycles. The summed E-state index contributed by atoms with van der Waals surface area (Å²) in [7, 11) is 0. The van der Waals surface area contributed by atoms with Gasteiger partial charge in [-0.1, -0.05) is 60.7 Å². The quantitative estimate of drug-likeness (QED) is 0.178. The van der Waals surface area contributed by atoms with Gasteiger partial charge in [0.25, 0.3) is 5.91 Å². The van der Waals surface area contributed by atoms with E-state index in [1.807, 2.05) is 18.5 Å². The highest BCUT2D eigenvalue weighted by atomic mass is 16.1. The molecule has 6 heteroatoms. The molecule has 1 saturated heterocycles. The number of hydrogen-bond donors (Lipinski definition) is 3. The first-order valence-corrected chi connectivity index (χ1v) is 16.0. The largest absolute Gasteiger partial charge is 0.380 e. The predicted octanol–water partition coefficient (Wildman–Crippen LogP) is 7.86. The summed E-state index contributed by atoms with van der Waals surface area (Å²) in [6, 6.07) is 28.3. The molecular weight excluding hydrogens is 554 g/mol. The van der Waals surface area contributed by atoms with Gasteiger partial charge in [0.15, 0.2) is 5.69 Å². The van der Waals surface area contributed by atoms with Gasteiger partial charge in [0.1, 0.15) is 0 Å². The molecule has 0 spiro atoms. The highest BCUT2D eigenvalue weighted by Gasteiger charge is 2.38. The maximum Gasteiger partial charge on any atom is 0.269 e. The van der Waals surface area contributed by atoms with E-state index in [1.54, 1.807) is 0 Å². The first-order valence-electron chi connectivity index (χ1n) is 16.0. The Labute approximate surface area is 265 Å². The number of anilines is 1. The Kier molecular flexibility index (Phi) is 7.20. The Bertz CT molecular complexity index is 1910. The Morgan fingerprint density at radius 1 is 0.867 bits per heavy atom. The first kappa shape index (κ1) is 29.2. The lowest BCUT2D eigenvalue weighted by molar-refractivity contribution is 0.0996. The number of rotatable bonds is 7. The molecule has 1 fully saturated rings. The van der Waals surface area contributed by atoms with Gasteiger partial charge in [-0.3, -0.25) is 9.78 Å². The molecule has 3 heterocycles. The highest BCUT2D eigenvalue weighted by molar-refractivity contribution is 5.96. The van der Waals surface area contributed by atoms with Crippen molar-refractivity contribution in [3.8, 4) is 22.3 Å². The fourth-order valence-corrected chi connectivity index (χ4v) is 8.03. The fraction of sp³-hybridized carbons (Fsp3) is 0.308. The Hall–Kier alpha value is -4.55. The number of fused-ring (bicyclic) bond motifs is 4. The van der Waals surface area contributed by atoms with Gasteiger partial charge in [-0.15, -0.1) is 0 Å². The summed E-state index contributed by atoms with van der Waals surface area (Å²) in [5, 5.41) is 8.55. The van der Waals surface area contributed by atoms with E-state index in [-0.39, 0.29) is 23.0 Å². The molecule has 0 bridgehead atoms. The van der Waals surface area contributed by atoms with Gasteiger partial charge in [-0.05, 0) is 105 Å². The van der Waals surface area contributed by atoms with Crippen LogP contribution < -0.4 is 16.4 Å². The Balaban J connectivity index is 1.19. The third kappa shape index (κ3) is 5.71. The number of para-hydroxylation sites is 1. The number of nitrogens with zero attached hydrogens (tertiary/aromatic N) is 2. The molecule has 4 N–H and O–H groups in total. The molecule has 1 aliphatic heterocycles. The highest BCUT2D eigenvalue weighted by Crippen LogP contribution is 2.50. The monoisotopic (exact) mass is 595 g/mol. The summed E-state index contributed by atoms with van der Waals surface area (Å²) in [4.78, 5) is 21.7. The number of primary amides is 1. The SMILES string of the molecule is CC1(C)CC(Nc2cc(CCC3c4ccccc4-c4c(-c5cnc6ccccc6c5)cccc43)cnc2C(N)=O)CC(C)(C)N1. The lowest BCUT2D eigenvalue weighted by atomic mass is 9.79. The second-order valence-electron chi connectivity index (χ2n) is 14.1. The van der Waals surface area contributed by atoms with Crippen LogP contribution in [-0.4, -0.2) is 33.0 Å². The number of nitrogens with two attached hydrogens (primary N) is 1. The van der Waals surface area contributed by atoms with E-state index in [0.717, 1.165) is 53.4 Å². The number of hydrogen-bond acceptors (Lipinski definition) is 5. The summed E-state index contributed by atoms with van der Waals surface area (Å²) in [6.45, 7) is 8.91. The van der Waals surface area contributed by atoms with Crippen molar-refractivity contribution in [3.05, 3.63) is 114 Å². The average molecular weight is 596 g/mol. The van der Waals surface area contributed by atoms with E-state index in [0.29, 0.717) is 5.69 Å². The normalized spacial score (nSPS) is 18.4. The molecule has 7 rings (SSSR count). The Morgan fingerprint density at radius 2 is 1.58 bits per heavy atom. The molecule has 2 aliphatic rings. The average Bonchev–Trinajstić information content (AvgIpc) is 3.32. The van der Waals surface area contributed by atoms with Crippen molar-refractivity contribution < 1.29 is 4.79 Å². The second kappa shape index (κ2) is 11.1. The minimum atomic E-state index is -0.508. The lowest BCUT2D eigenvalue weighted by Gasteiger charge is -2.47. The summed E-state index contributed by atoms with van der Waals surface area (Å²) in [5.41, 5.74) is 16.5. The van der Waals surface area contributed by atoms with Crippen LogP contribution in [0.5, 0.6) is 0 Å². The van der Waals surface area contributed by atoms with Crippen LogP contribution in [0.15, 0.2) is 91.3 Å². The standard InChI is InChI=1S/C39H41N5O/c1-38(2)20-27(21-39(3,4)44-38)43-34-18-24(22-42-36(34)37(40)45)16-17-30-29-11-6-7-12-31(29)35-28(13-9-14-32(30)35)26-19-25-10-5-8-15-33(25)41-23-26/h5-15,18-19,22-23,27,30,43-44H,16-17,20-21H2,1-4H3,(H2,40,45). The molecule has 0 radical (unpaired) electrons. The van der Waals surface area contributed by atoms with Crippen LogP contribution in [0.4, 0.5) is 5.69 Å². The zero-order chi connectivity index (χ0) is 31.3. The number of aryl methyl sites for hydroxylation is 1. The molecule has 228 valence electrons. The molecule has 45 heavy (non-hydrogen) atoms. The number of carbonyl (C=O) groups excluding carboxylic acids is 1. The lowest BCUT2D eigenvalue weighted by Crippen LogP contribution is -2.60. The van der Waals surface area contributed by atoms with Crippen molar-refractivity contribution in [2.75, 3.05) is 5.32 Å². The van der Waals surface area contributed by atoms with Crippen LogP contribution in [-0.2, 0) is 6.42 Å². The number of nitrogens with one attached hydrogen (secondary N) is 2. The van der Waals surface area contributed by atoms with Crippen LogP contribution >= 0.6 is 0 Å². The van der Waals surface area contributed by atoms with Gasteiger partial charge in [-0.25, -0.2) is 4.98 Å². The molecule has 1 aliphatic carbocycles. The molecule has 3 aromatic carbocycles. The first-order chi connectivity index (χ1) is 21.6. The van der Waals surface area contributed by atoms with Crippen LogP contribution in [0.1, 0.15) is 80.1 Å². The summed E-state index contributed by atoms with van der Waals surface area (Å²) in [5.74, 6) is -0.256. The third-order valence-electron chi connectivity index (χ3n) is 9.43. The van der Waals surface area contributed by atoms with Gasteiger partial charge in [0, 0.05) is 46.4 Å². The molecular formula is C39H41N5O. The molecule has 1 amide bonds. The maximum atomic E-state index is 12.4. The summed E-state index contributed by atoms with van der Waals surface area (Å²) < 4.78 is 0. The van der Waals surface area contributed by atoms with E-state index in [1.165, 1.54) is 27.8 Å². The minimum Gasteiger partial charge on any atom is -0.380 e. The van der Waals surface area contributed by atoms with Crippen molar-refractivity contribution in [2.24, 2.45) is 5.73 Å². The maximum absolute atomic E-state index is 12.4. The van der Waals surface area contributed by atoms with E-state index < -0.39 is 5.91 Å². The van der Waals surface area contributed by atoms with Crippen molar-refractivity contribution in [2.45, 2.75) is 76.4 Å². The van der Waals surface area contributed by atoms with Crippen LogP contribution in [0.25, 0.3) is 33.2 Å². The van der Waals surface area contributed by atoms with E-state index >= 15 is 0 Å². The predicted molar refractivity (Wildman–Crippen MR) is 183 cm³/mol. The van der Waals surface area contributed by atoms with E-state index in [4.69, 9.17) is 10.7 Å². The second-order valence-corrected chi connectivity index (χ2v) is 14.1.